The van der Waals surface area contributed by atoms with Crippen LogP contribution >= 0.6 is 11.6 Å². The number of aliphatic carboxylic acids is 1. The van der Waals surface area contributed by atoms with Gasteiger partial charge in [-0.05, 0) is 25.8 Å². The number of nitrogens with zero attached hydrogens (tertiary/aromatic N) is 4. The van der Waals surface area contributed by atoms with Crippen LogP contribution in [-0.4, -0.2) is 74.9 Å². The van der Waals surface area contributed by atoms with Crippen molar-refractivity contribution in [3.8, 4) is 0 Å². The molecule has 0 radical (unpaired) electrons. The lowest BCUT2D eigenvalue weighted by atomic mass is 9.85. The smallest absolute Gasteiger partial charge is 0.317 e. The molecule has 25 heavy (non-hydrogen) atoms. The van der Waals surface area contributed by atoms with Crippen LogP contribution in [0.1, 0.15) is 32.2 Å². The first kappa shape index (κ1) is 18.0. The molecule has 2 heterocycles. The molecule has 0 aromatic carbocycles. The maximum Gasteiger partial charge on any atom is 0.317 e. The van der Waals surface area contributed by atoms with Gasteiger partial charge in [0, 0.05) is 31.4 Å². The van der Waals surface area contributed by atoms with Crippen molar-refractivity contribution in [3.05, 3.63) is 17.4 Å². The Hall–Kier alpha value is -1.80. The molecule has 0 bridgehead atoms. The highest BCUT2D eigenvalue weighted by Crippen LogP contribution is 2.27. The van der Waals surface area contributed by atoms with E-state index in [0.717, 1.165) is 19.3 Å². The van der Waals surface area contributed by atoms with Crippen molar-refractivity contribution in [3.63, 3.8) is 0 Å². The molecule has 9 heteroatoms. The molecule has 1 atom stereocenters. The van der Waals surface area contributed by atoms with Crippen molar-refractivity contribution < 1.29 is 14.7 Å². The largest absolute Gasteiger partial charge is 0.480 e. The normalized spacial score (nSPS) is 25.9. The number of urea groups is 1. The highest BCUT2D eigenvalue weighted by molar-refractivity contribution is 6.30. The molecule has 2 N–H and O–H groups in total. The summed E-state index contributed by atoms with van der Waals surface area (Å²) in [6.07, 6.45) is 5.86. The zero-order chi connectivity index (χ0) is 18.0. The number of aromatic nitrogens is 2. The molecule has 2 amide bonds. The first-order chi connectivity index (χ1) is 12.0. The Kier molecular flexibility index (Phi) is 5.48. The first-order valence-electron chi connectivity index (χ1n) is 8.67. The molecule has 1 saturated heterocycles. The van der Waals surface area contributed by atoms with Gasteiger partial charge in [-0.15, -0.1) is 0 Å². The maximum atomic E-state index is 12.4. The molecule has 2 aliphatic rings. The third kappa shape index (κ3) is 4.24. The highest BCUT2D eigenvalue weighted by atomic mass is 35.5. The van der Waals surface area contributed by atoms with Crippen molar-refractivity contribution in [1.82, 2.24) is 24.9 Å². The van der Waals surface area contributed by atoms with E-state index in [-0.39, 0.29) is 30.7 Å². The molecule has 1 aliphatic carbocycles. The zero-order valence-electron chi connectivity index (χ0n) is 14.3. The lowest BCUT2D eigenvalue weighted by molar-refractivity contribution is -0.139. The average molecular weight is 370 g/mol. The summed E-state index contributed by atoms with van der Waals surface area (Å²) in [7, 11) is 0. The van der Waals surface area contributed by atoms with E-state index in [1.165, 1.54) is 0 Å². The minimum absolute atomic E-state index is 0.0505. The van der Waals surface area contributed by atoms with Gasteiger partial charge in [0.1, 0.15) is 0 Å². The van der Waals surface area contributed by atoms with Crippen LogP contribution in [0.2, 0.25) is 5.02 Å². The van der Waals surface area contributed by atoms with E-state index < -0.39 is 5.97 Å². The molecule has 2 fully saturated rings. The second kappa shape index (κ2) is 7.61. The van der Waals surface area contributed by atoms with Crippen LogP contribution in [0.15, 0.2) is 12.4 Å². The molecule has 1 aromatic heterocycles. The van der Waals surface area contributed by atoms with E-state index in [1.807, 2.05) is 21.4 Å². The number of carboxylic acid groups (broad SMARTS) is 1. The Balaban J connectivity index is 1.43. The van der Waals surface area contributed by atoms with Crippen LogP contribution in [-0.2, 0) is 4.79 Å². The monoisotopic (exact) mass is 369 g/mol. The average Bonchev–Trinajstić information content (AvgIpc) is 3.16. The highest BCUT2D eigenvalue weighted by Gasteiger charge is 2.36. The van der Waals surface area contributed by atoms with Gasteiger partial charge < -0.3 is 15.3 Å². The van der Waals surface area contributed by atoms with Gasteiger partial charge in [0.25, 0.3) is 0 Å². The molecular weight excluding hydrogens is 346 g/mol. The van der Waals surface area contributed by atoms with E-state index in [0.29, 0.717) is 24.7 Å². The van der Waals surface area contributed by atoms with Crippen molar-refractivity contribution in [2.75, 3.05) is 26.2 Å². The lowest BCUT2D eigenvalue weighted by Gasteiger charge is -2.42. The Morgan fingerprint density at radius 1 is 1.48 bits per heavy atom. The van der Waals surface area contributed by atoms with Crippen molar-refractivity contribution >= 4 is 23.6 Å². The Bertz CT molecular complexity index is 631. The maximum absolute atomic E-state index is 12.4. The number of likely N-dealkylation sites (N-methyl/N-ethyl adjacent to an activating group) is 1. The van der Waals surface area contributed by atoms with Crippen molar-refractivity contribution in [2.45, 2.75) is 44.3 Å². The molecule has 8 nitrogen and oxygen atoms in total. The predicted molar refractivity (Wildman–Crippen MR) is 92.7 cm³/mol. The minimum atomic E-state index is -0.809. The number of hydrogen-bond acceptors (Lipinski definition) is 4. The van der Waals surface area contributed by atoms with Crippen LogP contribution in [0.3, 0.4) is 0 Å². The SMILES string of the molecule is CCN(CC(=O)O)C1CC(NC(=O)N2CCC(n3cc(Cl)cn3)C2)C1. The van der Waals surface area contributed by atoms with E-state index in [1.54, 1.807) is 12.4 Å². The Morgan fingerprint density at radius 3 is 2.84 bits per heavy atom. The fourth-order valence-corrected chi connectivity index (χ4v) is 3.74. The predicted octanol–water partition coefficient (Wildman–Crippen LogP) is 1.43. The number of nitrogens with one attached hydrogen (secondary N) is 1. The first-order valence-corrected chi connectivity index (χ1v) is 9.05. The van der Waals surface area contributed by atoms with Gasteiger partial charge in [0.05, 0.1) is 23.8 Å². The molecule has 1 aromatic rings. The lowest BCUT2D eigenvalue weighted by Crippen LogP contribution is -2.56. The van der Waals surface area contributed by atoms with Gasteiger partial charge >= 0.3 is 12.0 Å². The minimum Gasteiger partial charge on any atom is -0.480 e. The number of carbonyl (C=O) groups is 2. The van der Waals surface area contributed by atoms with Crippen LogP contribution < -0.4 is 5.32 Å². The number of carboxylic acids is 1. The topological polar surface area (TPSA) is 90.7 Å². The molecule has 1 aliphatic heterocycles. The summed E-state index contributed by atoms with van der Waals surface area (Å²) in [6.45, 7) is 4.05. The molecule has 1 saturated carbocycles. The molecular formula is C16H24ClN5O3. The number of amides is 2. The molecule has 3 rings (SSSR count). The second-order valence-electron chi connectivity index (χ2n) is 6.76. The molecule has 0 spiro atoms. The van der Waals surface area contributed by atoms with Gasteiger partial charge in [-0.25, -0.2) is 4.79 Å². The van der Waals surface area contributed by atoms with Crippen molar-refractivity contribution in [2.24, 2.45) is 0 Å². The zero-order valence-corrected chi connectivity index (χ0v) is 15.0. The second-order valence-corrected chi connectivity index (χ2v) is 7.19. The van der Waals surface area contributed by atoms with Crippen LogP contribution in [0.5, 0.6) is 0 Å². The third-order valence-electron chi connectivity index (χ3n) is 5.10. The number of carbonyl (C=O) groups excluding carboxylic acids is 1. The summed E-state index contributed by atoms with van der Waals surface area (Å²) in [6, 6.07) is 0.478. The van der Waals surface area contributed by atoms with Crippen LogP contribution in [0.4, 0.5) is 4.79 Å². The number of rotatable bonds is 6. The van der Waals surface area contributed by atoms with Crippen molar-refractivity contribution in [1.29, 1.82) is 0 Å². The summed E-state index contributed by atoms with van der Waals surface area (Å²) in [4.78, 5) is 27.0. The van der Waals surface area contributed by atoms with E-state index in [9.17, 15) is 9.59 Å². The van der Waals surface area contributed by atoms with E-state index in [4.69, 9.17) is 16.7 Å². The van der Waals surface area contributed by atoms with Gasteiger partial charge in [-0.3, -0.25) is 14.4 Å². The quantitative estimate of drug-likeness (QED) is 0.791. The van der Waals surface area contributed by atoms with Gasteiger partial charge in [0.15, 0.2) is 0 Å². The summed E-state index contributed by atoms with van der Waals surface area (Å²) >= 11 is 5.90. The number of likely N-dealkylation sites (tertiary alicyclic amines) is 1. The van der Waals surface area contributed by atoms with E-state index in [2.05, 4.69) is 10.4 Å². The third-order valence-corrected chi connectivity index (χ3v) is 5.29. The fourth-order valence-electron chi connectivity index (χ4n) is 3.60. The summed E-state index contributed by atoms with van der Waals surface area (Å²) < 4.78 is 1.82. The Labute approximate surface area is 151 Å². The van der Waals surface area contributed by atoms with Gasteiger partial charge in [-0.1, -0.05) is 18.5 Å². The van der Waals surface area contributed by atoms with Gasteiger partial charge in [-0.2, -0.15) is 5.10 Å². The Morgan fingerprint density at radius 2 is 2.24 bits per heavy atom. The summed E-state index contributed by atoms with van der Waals surface area (Å²) in [5.41, 5.74) is 0. The summed E-state index contributed by atoms with van der Waals surface area (Å²) in [5, 5.41) is 16.8. The number of hydrogen-bond donors (Lipinski definition) is 2. The number of halogens is 1. The standard InChI is InChI=1S/C16H24ClN5O3/c1-2-20(10-15(23)24)14-5-12(6-14)19-16(25)21-4-3-13(9-21)22-8-11(17)7-18-22/h7-8,12-14H,2-6,9-10H2,1H3,(H,19,25)(H,23,24). The summed E-state index contributed by atoms with van der Waals surface area (Å²) in [5.74, 6) is -0.809. The van der Waals surface area contributed by atoms with Crippen LogP contribution in [0, 0.1) is 0 Å². The fraction of sp³-hybridized carbons (Fsp3) is 0.688. The molecule has 1 unspecified atom stereocenters. The molecule has 138 valence electrons. The van der Waals surface area contributed by atoms with Crippen LogP contribution in [0.25, 0.3) is 0 Å². The van der Waals surface area contributed by atoms with E-state index >= 15 is 0 Å². The van der Waals surface area contributed by atoms with Gasteiger partial charge in [0.2, 0.25) is 0 Å².